The first-order valence-electron chi connectivity index (χ1n) is 13.2. The number of rotatable bonds is 8. The van der Waals surface area contributed by atoms with Crippen LogP contribution in [0.3, 0.4) is 0 Å². The second kappa shape index (κ2) is 11.6. The molecule has 0 unspecified atom stereocenters. The van der Waals surface area contributed by atoms with E-state index in [4.69, 9.17) is 18.9 Å². The van der Waals surface area contributed by atoms with Gasteiger partial charge in [-0.25, -0.2) is 9.79 Å². The number of carbonyl (C=O) groups excluding carboxylic acids is 1. The summed E-state index contributed by atoms with van der Waals surface area (Å²) in [5.41, 5.74) is 3.23. The molecule has 0 amide bonds. The third-order valence-corrected chi connectivity index (χ3v) is 8.16. The standard InChI is InChI=1S/C30H33N3O6S/c1-6-39-29(35)25-18(2)31-30-33(26(25)20-16-22(36-3)27(38-5)23(17-20)37-4)28(34)24(40-30)15-19-9-11-21(12-10-19)32-13-7-8-14-32/h9-12,15-17,26H,6-8,13-14H2,1-5H3/b24-15+/t26-/m1/s1. The highest BCUT2D eigenvalue weighted by Crippen LogP contribution is 2.42. The Balaban J connectivity index is 1.66. The van der Waals surface area contributed by atoms with Gasteiger partial charge in [-0.1, -0.05) is 23.5 Å². The van der Waals surface area contributed by atoms with Gasteiger partial charge in [0.05, 0.1) is 49.8 Å². The van der Waals surface area contributed by atoms with Gasteiger partial charge in [0, 0.05) is 18.8 Å². The molecule has 5 rings (SSSR count). The molecule has 0 N–H and O–H groups in total. The molecule has 1 fully saturated rings. The van der Waals surface area contributed by atoms with Crippen molar-refractivity contribution in [3.05, 3.63) is 78.5 Å². The number of carbonyl (C=O) groups is 1. The first-order chi connectivity index (χ1) is 19.4. The van der Waals surface area contributed by atoms with E-state index in [-0.39, 0.29) is 17.7 Å². The van der Waals surface area contributed by atoms with Crippen molar-refractivity contribution in [1.29, 1.82) is 0 Å². The van der Waals surface area contributed by atoms with Gasteiger partial charge < -0.3 is 23.8 Å². The van der Waals surface area contributed by atoms with Crippen molar-refractivity contribution >= 4 is 29.1 Å². The Labute approximate surface area is 236 Å². The van der Waals surface area contributed by atoms with E-state index in [0.717, 1.165) is 18.7 Å². The van der Waals surface area contributed by atoms with Crippen molar-refractivity contribution in [3.8, 4) is 17.2 Å². The molecule has 0 bridgehead atoms. The van der Waals surface area contributed by atoms with Gasteiger partial charge in [0.15, 0.2) is 16.3 Å². The molecule has 9 nitrogen and oxygen atoms in total. The number of allylic oxidation sites excluding steroid dienone is 1. The van der Waals surface area contributed by atoms with Crippen LogP contribution in [0.25, 0.3) is 6.08 Å². The second-order valence-corrected chi connectivity index (χ2v) is 10.6. The van der Waals surface area contributed by atoms with Gasteiger partial charge in [0.1, 0.15) is 0 Å². The van der Waals surface area contributed by atoms with Gasteiger partial charge in [-0.2, -0.15) is 0 Å². The zero-order chi connectivity index (χ0) is 28.4. The molecular formula is C30H33N3O6S. The van der Waals surface area contributed by atoms with Gasteiger partial charge in [-0.15, -0.1) is 0 Å². The van der Waals surface area contributed by atoms with Crippen molar-refractivity contribution in [2.75, 3.05) is 45.9 Å². The first kappa shape index (κ1) is 27.5. The number of aromatic nitrogens is 1. The Kier molecular flexibility index (Phi) is 7.97. The van der Waals surface area contributed by atoms with E-state index in [9.17, 15) is 9.59 Å². The fourth-order valence-corrected chi connectivity index (χ4v) is 6.32. The van der Waals surface area contributed by atoms with Crippen molar-refractivity contribution < 1.29 is 23.7 Å². The monoisotopic (exact) mass is 563 g/mol. The molecular weight excluding hydrogens is 530 g/mol. The highest BCUT2D eigenvalue weighted by molar-refractivity contribution is 7.07. The minimum Gasteiger partial charge on any atom is -0.493 e. The molecule has 2 aliphatic rings. The van der Waals surface area contributed by atoms with E-state index in [0.29, 0.717) is 37.8 Å². The molecule has 210 valence electrons. The molecule has 2 aliphatic heterocycles. The van der Waals surface area contributed by atoms with Crippen LogP contribution in [0.4, 0.5) is 5.69 Å². The number of hydrogen-bond acceptors (Lipinski definition) is 9. The number of methoxy groups -OCH3 is 3. The average Bonchev–Trinajstić information content (AvgIpc) is 3.60. The normalized spacial score (nSPS) is 17.0. The summed E-state index contributed by atoms with van der Waals surface area (Å²) in [6, 6.07) is 10.9. The number of benzene rings is 2. The Morgan fingerprint density at radius 3 is 2.27 bits per heavy atom. The van der Waals surface area contributed by atoms with Crippen LogP contribution < -0.4 is 34.0 Å². The molecule has 0 saturated carbocycles. The number of fused-ring (bicyclic) bond motifs is 1. The maximum atomic E-state index is 14.0. The summed E-state index contributed by atoms with van der Waals surface area (Å²) in [7, 11) is 4.57. The van der Waals surface area contributed by atoms with Crippen LogP contribution in [0.15, 0.2) is 57.5 Å². The van der Waals surface area contributed by atoms with E-state index >= 15 is 0 Å². The zero-order valence-electron chi connectivity index (χ0n) is 23.4. The predicted molar refractivity (Wildman–Crippen MR) is 154 cm³/mol. The summed E-state index contributed by atoms with van der Waals surface area (Å²) in [4.78, 5) is 34.7. The van der Waals surface area contributed by atoms with E-state index in [1.807, 2.05) is 18.2 Å². The lowest BCUT2D eigenvalue weighted by molar-refractivity contribution is -0.139. The summed E-state index contributed by atoms with van der Waals surface area (Å²) < 4.78 is 24.1. The maximum Gasteiger partial charge on any atom is 0.338 e. The van der Waals surface area contributed by atoms with Crippen molar-refractivity contribution in [1.82, 2.24) is 4.57 Å². The zero-order valence-corrected chi connectivity index (χ0v) is 24.2. The van der Waals surface area contributed by atoms with E-state index in [1.165, 1.54) is 51.2 Å². The van der Waals surface area contributed by atoms with Gasteiger partial charge in [0.2, 0.25) is 5.75 Å². The fourth-order valence-electron chi connectivity index (χ4n) is 5.27. The Morgan fingerprint density at radius 1 is 1.05 bits per heavy atom. The Morgan fingerprint density at radius 2 is 1.70 bits per heavy atom. The van der Waals surface area contributed by atoms with Crippen molar-refractivity contribution in [2.45, 2.75) is 32.7 Å². The smallest absolute Gasteiger partial charge is 0.338 e. The molecule has 0 radical (unpaired) electrons. The fraction of sp³-hybridized carbons (Fsp3) is 0.367. The first-order valence-corrected chi connectivity index (χ1v) is 14.1. The lowest BCUT2D eigenvalue weighted by atomic mass is 9.95. The predicted octanol–water partition coefficient (Wildman–Crippen LogP) is 3.42. The molecule has 2 aromatic carbocycles. The third kappa shape index (κ3) is 4.99. The molecule has 10 heteroatoms. The molecule has 40 heavy (non-hydrogen) atoms. The maximum absolute atomic E-state index is 14.0. The number of anilines is 1. The highest BCUT2D eigenvalue weighted by Gasteiger charge is 2.34. The Hall–Kier alpha value is -4.05. The van der Waals surface area contributed by atoms with Crippen molar-refractivity contribution in [3.63, 3.8) is 0 Å². The number of esters is 1. The average molecular weight is 564 g/mol. The number of thiazole rings is 1. The van der Waals surface area contributed by atoms with E-state index in [2.05, 4.69) is 22.0 Å². The van der Waals surface area contributed by atoms with Crippen LogP contribution in [0.2, 0.25) is 0 Å². The largest absolute Gasteiger partial charge is 0.493 e. The lowest BCUT2D eigenvalue weighted by Gasteiger charge is -2.26. The second-order valence-electron chi connectivity index (χ2n) is 9.55. The highest BCUT2D eigenvalue weighted by atomic mass is 32.1. The molecule has 1 atom stereocenters. The minimum absolute atomic E-state index is 0.190. The molecule has 0 spiro atoms. The number of nitrogens with zero attached hydrogens (tertiary/aromatic N) is 3. The minimum atomic E-state index is -0.802. The van der Waals surface area contributed by atoms with Gasteiger partial charge >= 0.3 is 5.97 Å². The van der Waals surface area contributed by atoms with Crippen LogP contribution in [0.1, 0.15) is 43.9 Å². The van der Waals surface area contributed by atoms with Crippen molar-refractivity contribution in [2.24, 2.45) is 4.99 Å². The van der Waals surface area contributed by atoms with Crippen LogP contribution in [-0.4, -0.2) is 51.6 Å². The molecule has 0 aliphatic carbocycles. The topological polar surface area (TPSA) is 91.6 Å². The van der Waals surface area contributed by atoms with Gasteiger partial charge in [-0.3, -0.25) is 9.36 Å². The summed E-state index contributed by atoms with van der Waals surface area (Å²) in [5, 5.41) is 0. The van der Waals surface area contributed by atoms with Crippen LogP contribution in [0.5, 0.6) is 17.2 Å². The summed E-state index contributed by atoms with van der Waals surface area (Å²) in [6.07, 6.45) is 4.29. The van der Waals surface area contributed by atoms with E-state index < -0.39 is 12.0 Å². The van der Waals surface area contributed by atoms with Crippen LogP contribution >= 0.6 is 11.3 Å². The van der Waals surface area contributed by atoms with E-state index in [1.54, 1.807) is 30.5 Å². The third-order valence-electron chi connectivity index (χ3n) is 7.18. The van der Waals surface area contributed by atoms with Gasteiger partial charge in [-0.05, 0) is 68.2 Å². The molecule has 1 aromatic heterocycles. The van der Waals surface area contributed by atoms with Gasteiger partial charge in [0.25, 0.3) is 5.56 Å². The molecule has 3 aromatic rings. The molecule has 1 saturated heterocycles. The quantitative estimate of drug-likeness (QED) is 0.388. The summed E-state index contributed by atoms with van der Waals surface area (Å²) >= 11 is 1.29. The van der Waals surface area contributed by atoms with Crippen LogP contribution in [-0.2, 0) is 9.53 Å². The molecule has 3 heterocycles. The number of hydrogen-bond donors (Lipinski definition) is 0. The number of ether oxygens (including phenoxy) is 4. The summed E-state index contributed by atoms with van der Waals surface area (Å²) in [6.45, 7) is 5.83. The Bertz CT molecular complexity index is 1610. The van der Waals surface area contributed by atoms with Crippen LogP contribution in [0, 0.1) is 0 Å². The SMILES string of the molecule is CCOC(=O)C1=C(C)N=c2s/c(=C/c3ccc(N4CCCC4)cc3)c(=O)n2[C@@H]1c1cc(OC)c(OC)c(OC)c1. The summed E-state index contributed by atoms with van der Waals surface area (Å²) in [5.74, 6) is 0.705. The lowest BCUT2D eigenvalue weighted by Crippen LogP contribution is -2.40.